The van der Waals surface area contributed by atoms with Gasteiger partial charge in [0.25, 0.3) is 0 Å². The third-order valence-corrected chi connectivity index (χ3v) is 5.19. The van der Waals surface area contributed by atoms with Gasteiger partial charge in [0, 0.05) is 23.2 Å². The molecule has 2 heterocycles. The number of benzene rings is 2. The number of aromatic amines is 1. The molecule has 1 saturated heterocycles. The summed E-state index contributed by atoms with van der Waals surface area (Å²) in [6.45, 7) is 3.17. The molecule has 2 N–H and O–H groups in total. The van der Waals surface area contributed by atoms with Gasteiger partial charge in [0.1, 0.15) is 0 Å². The highest BCUT2D eigenvalue weighted by Crippen LogP contribution is 2.23. The van der Waals surface area contributed by atoms with Crippen molar-refractivity contribution in [3.63, 3.8) is 0 Å². The van der Waals surface area contributed by atoms with E-state index in [2.05, 4.69) is 47.6 Å². The molecule has 1 aliphatic heterocycles. The van der Waals surface area contributed by atoms with E-state index in [4.69, 9.17) is 0 Å². The second-order valence-corrected chi connectivity index (χ2v) is 7.10. The molecular weight excluding hydrogens is 308 g/mol. The van der Waals surface area contributed by atoms with E-state index in [1.54, 1.807) is 6.07 Å². The lowest BCUT2D eigenvalue weighted by Crippen LogP contribution is -2.35. The predicted octanol–water partition coefficient (Wildman–Crippen LogP) is 4.19. The minimum atomic E-state index is 0.0859. The molecule has 1 aromatic heterocycles. The number of aromatic nitrogens is 1. The van der Waals surface area contributed by atoms with E-state index in [1.165, 1.54) is 30.4 Å². The Labute approximate surface area is 148 Å². The molecule has 128 valence electrons. The van der Waals surface area contributed by atoms with Crippen molar-refractivity contribution >= 4 is 10.9 Å². The Kier molecular flexibility index (Phi) is 4.41. The molecule has 0 radical (unpaired) electrons. The topological polar surface area (TPSA) is 44.9 Å². The summed E-state index contributed by atoms with van der Waals surface area (Å²) in [4.78, 5) is 16.2. The first-order valence-corrected chi connectivity index (χ1v) is 9.16. The van der Waals surface area contributed by atoms with Gasteiger partial charge in [0.15, 0.2) is 5.43 Å². The number of para-hydroxylation sites is 1. The molecule has 3 heteroatoms. The fourth-order valence-electron chi connectivity index (χ4n) is 3.76. The molecule has 0 amide bonds. The first kappa shape index (κ1) is 16.1. The monoisotopic (exact) mass is 332 g/mol. The number of aryl methyl sites for hydroxylation is 1. The number of H-pyrrole nitrogens is 1. The molecule has 0 bridgehead atoms. The van der Waals surface area contributed by atoms with Crippen LogP contribution in [0.3, 0.4) is 0 Å². The van der Waals surface area contributed by atoms with Crippen LogP contribution in [-0.2, 0) is 6.42 Å². The summed E-state index contributed by atoms with van der Waals surface area (Å²) in [5, 5.41) is 4.39. The highest BCUT2D eigenvalue weighted by atomic mass is 16.1. The van der Waals surface area contributed by atoms with E-state index < -0.39 is 0 Å². The largest absolute Gasteiger partial charge is 0.354 e. The van der Waals surface area contributed by atoms with Crippen molar-refractivity contribution in [3.8, 4) is 11.3 Å². The molecule has 0 aliphatic carbocycles. The van der Waals surface area contributed by atoms with Gasteiger partial charge >= 0.3 is 0 Å². The molecule has 0 saturated carbocycles. The number of nitrogens with one attached hydrogen (secondary N) is 2. The Morgan fingerprint density at radius 3 is 2.68 bits per heavy atom. The van der Waals surface area contributed by atoms with Crippen LogP contribution in [0.1, 0.15) is 30.4 Å². The van der Waals surface area contributed by atoms with Crippen molar-refractivity contribution in [2.75, 3.05) is 6.54 Å². The maximum absolute atomic E-state index is 12.6. The number of piperidine rings is 1. The van der Waals surface area contributed by atoms with Gasteiger partial charge in [-0.25, -0.2) is 0 Å². The molecule has 3 nitrogen and oxygen atoms in total. The van der Waals surface area contributed by atoms with Gasteiger partial charge < -0.3 is 10.3 Å². The van der Waals surface area contributed by atoms with Gasteiger partial charge in [0.2, 0.25) is 0 Å². The SMILES string of the molecule is Cc1ccc(-c2cc(=O)c3cccc(CC4CCCCN4)c3[nH]2)cc1. The molecule has 1 aliphatic rings. The quantitative estimate of drug-likeness (QED) is 0.755. The van der Waals surface area contributed by atoms with Crippen molar-refractivity contribution < 1.29 is 0 Å². The van der Waals surface area contributed by atoms with E-state index in [0.717, 1.165) is 35.1 Å². The third kappa shape index (κ3) is 3.38. The van der Waals surface area contributed by atoms with Crippen LogP contribution in [0, 0.1) is 6.92 Å². The average molecular weight is 332 g/mol. The zero-order chi connectivity index (χ0) is 17.2. The average Bonchev–Trinajstić information content (AvgIpc) is 2.64. The van der Waals surface area contributed by atoms with Gasteiger partial charge in [-0.2, -0.15) is 0 Å². The summed E-state index contributed by atoms with van der Waals surface area (Å²) < 4.78 is 0. The van der Waals surface area contributed by atoms with Crippen LogP contribution in [0.2, 0.25) is 0 Å². The summed E-state index contributed by atoms with van der Waals surface area (Å²) in [7, 11) is 0. The Morgan fingerprint density at radius 2 is 1.92 bits per heavy atom. The first-order chi connectivity index (χ1) is 12.2. The van der Waals surface area contributed by atoms with Crippen molar-refractivity contribution in [1.82, 2.24) is 10.3 Å². The Hall–Kier alpha value is -2.39. The molecule has 25 heavy (non-hydrogen) atoms. The van der Waals surface area contributed by atoms with E-state index >= 15 is 0 Å². The number of pyridine rings is 1. The summed E-state index contributed by atoms with van der Waals surface area (Å²) in [5.41, 5.74) is 5.45. The second kappa shape index (κ2) is 6.85. The second-order valence-electron chi connectivity index (χ2n) is 7.10. The summed E-state index contributed by atoms with van der Waals surface area (Å²) in [6, 6.07) is 16.6. The molecule has 0 spiro atoms. The normalized spacial score (nSPS) is 17.7. The van der Waals surface area contributed by atoms with Crippen LogP contribution in [0.15, 0.2) is 53.3 Å². The zero-order valence-electron chi connectivity index (χ0n) is 14.6. The van der Waals surface area contributed by atoms with Gasteiger partial charge in [-0.1, -0.05) is 48.4 Å². The van der Waals surface area contributed by atoms with Crippen LogP contribution >= 0.6 is 0 Å². The standard InChI is InChI=1S/C22H24N2O/c1-15-8-10-16(11-9-15)20-14-21(25)19-7-4-5-17(22(19)24-20)13-18-6-2-3-12-23-18/h4-5,7-11,14,18,23H,2-3,6,12-13H2,1H3,(H,24,25). The van der Waals surface area contributed by atoms with E-state index in [-0.39, 0.29) is 5.43 Å². The lowest BCUT2D eigenvalue weighted by atomic mass is 9.96. The lowest BCUT2D eigenvalue weighted by Gasteiger charge is -2.24. The van der Waals surface area contributed by atoms with Crippen LogP contribution < -0.4 is 10.7 Å². The Morgan fingerprint density at radius 1 is 1.08 bits per heavy atom. The smallest absolute Gasteiger partial charge is 0.190 e. The van der Waals surface area contributed by atoms with Gasteiger partial charge in [-0.3, -0.25) is 4.79 Å². The maximum Gasteiger partial charge on any atom is 0.190 e. The highest BCUT2D eigenvalue weighted by molar-refractivity contribution is 5.84. The predicted molar refractivity (Wildman–Crippen MR) is 104 cm³/mol. The zero-order valence-corrected chi connectivity index (χ0v) is 14.6. The van der Waals surface area contributed by atoms with Crippen LogP contribution in [0.4, 0.5) is 0 Å². The minimum Gasteiger partial charge on any atom is -0.354 e. The fraction of sp³-hybridized carbons (Fsp3) is 0.318. The van der Waals surface area contributed by atoms with Gasteiger partial charge in [-0.15, -0.1) is 0 Å². The number of fused-ring (bicyclic) bond motifs is 1. The van der Waals surface area contributed by atoms with E-state index in [1.807, 2.05) is 12.1 Å². The van der Waals surface area contributed by atoms with Crippen LogP contribution in [0.5, 0.6) is 0 Å². The van der Waals surface area contributed by atoms with Crippen LogP contribution in [-0.4, -0.2) is 17.6 Å². The lowest BCUT2D eigenvalue weighted by molar-refractivity contribution is 0.400. The molecule has 3 aromatic rings. The summed E-state index contributed by atoms with van der Waals surface area (Å²) in [6.07, 6.45) is 4.72. The maximum atomic E-state index is 12.6. The Bertz CT molecular complexity index is 934. The first-order valence-electron chi connectivity index (χ1n) is 9.16. The number of hydrogen-bond acceptors (Lipinski definition) is 2. The van der Waals surface area contributed by atoms with Crippen molar-refractivity contribution in [3.05, 3.63) is 69.9 Å². The van der Waals surface area contributed by atoms with Gasteiger partial charge in [-0.05, 0) is 49.9 Å². The van der Waals surface area contributed by atoms with Crippen molar-refractivity contribution in [2.45, 2.75) is 38.6 Å². The van der Waals surface area contributed by atoms with Crippen molar-refractivity contribution in [2.24, 2.45) is 0 Å². The summed E-state index contributed by atoms with van der Waals surface area (Å²) in [5.74, 6) is 0. The molecule has 1 fully saturated rings. The highest BCUT2D eigenvalue weighted by Gasteiger charge is 2.15. The summed E-state index contributed by atoms with van der Waals surface area (Å²) >= 11 is 0. The third-order valence-electron chi connectivity index (χ3n) is 5.19. The van der Waals surface area contributed by atoms with Crippen LogP contribution in [0.25, 0.3) is 22.2 Å². The van der Waals surface area contributed by atoms with E-state index in [9.17, 15) is 4.79 Å². The fourth-order valence-corrected chi connectivity index (χ4v) is 3.76. The minimum absolute atomic E-state index is 0.0859. The molecule has 2 aromatic carbocycles. The molecule has 1 unspecified atom stereocenters. The molecule has 1 atom stereocenters. The number of hydrogen-bond donors (Lipinski definition) is 2. The van der Waals surface area contributed by atoms with Crippen molar-refractivity contribution in [1.29, 1.82) is 0 Å². The van der Waals surface area contributed by atoms with Gasteiger partial charge in [0.05, 0.1) is 5.52 Å². The Balaban J connectivity index is 1.78. The molecule has 4 rings (SSSR count). The number of rotatable bonds is 3. The van der Waals surface area contributed by atoms with E-state index in [0.29, 0.717) is 6.04 Å². The molecular formula is C22H24N2O.